The quantitative estimate of drug-likeness (QED) is 0.739. The highest BCUT2D eigenvalue weighted by atomic mass is 15.1. The van der Waals surface area contributed by atoms with Crippen molar-refractivity contribution in [1.82, 2.24) is 4.90 Å². The first-order valence-corrected chi connectivity index (χ1v) is 9.05. The van der Waals surface area contributed by atoms with Crippen molar-refractivity contribution in [2.45, 2.75) is 50.5 Å². The third-order valence-electron chi connectivity index (χ3n) is 6.23. The largest absolute Gasteiger partial charge is 0.303 e. The van der Waals surface area contributed by atoms with Crippen LogP contribution in [0.1, 0.15) is 43.2 Å². The van der Waals surface area contributed by atoms with Gasteiger partial charge >= 0.3 is 0 Å². The minimum Gasteiger partial charge on any atom is -0.303 e. The number of rotatable bonds is 2. The van der Waals surface area contributed by atoms with Gasteiger partial charge in [-0.3, -0.25) is 0 Å². The number of piperidine rings is 1. The number of nitrogens with zero attached hydrogens (tertiary/aromatic N) is 1. The van der Waals surface area contributed by atoms with Gasteiger partial charge in [0.1, 0.15) is 0 Å². The second-order valence-electron chi connectivity index (χ2n) is 7.68. The lowest BCUT2D eigenvalue weighted by atomic mass is 9.70. The van der Waals surface area contributed by atoms with Crippen LogP contribution in [0.15, 0.2) is 48.5 Å². The van der Waals surface area contributed by atoms with E-state index >= 15 is 0 Å². The summed E-state index contributed by atoms with van der Waals surface area (Å²) in [6.45, 7) is 3.55. The third kappa shape index (κ3) is 2.61. The highest BCUT2D eigenvalue weighted by Crippen LogP contribution is 2.45. The summed E-state index contributed by atoms with van der Waals surface area (Å²) >= 11 is 0. The Morgan fingerprint density at radius 3 is 2.52 bits per heavy atom. The molecule has 1 aliphatic carbocycles. The van der Waals surface area contributed by atoms with Gasteiger partial charge in [-0.25, -0.2) is 0 Å². The molecule has 2 aromatic carbocycles. The number of benzene rings is 2. The highest BCUT2D eigenvalue weighted by molar-refractivity contribution is 5.65. The molecule has 0 aromatic heterocycles. The molecule has 2 aliphatic heterocycles. The van der Waals surface area contributed by atoms with Gasteiger partial charge in [0.15, 0.2) is 0 Å². The van der Waals surface area contributed by atoms with E-state index in [1.165, 1.54) is 55.3 Å². The predicted octanol–water partition coefficient (Wildman–Crippen LogP) is 5.18. The lowest BCUT2D eigenvalue weighted by Gasteiger charge is -2.43. The molecule has 0 radical (unpaired) electrons. The van der Waals surface area contributed by atoms with Gasteiger partial charge in [-0.1, -0.05) is 55.0 Å². The fourth-order valence-corrected chi connectivity index (χ4v) is 5.02. The Labute approximate surface area is 140 Å². The Balaban J connectivity index is 1.72. The molecule has 2 atom stereocenters. The van der Waals surface area contributed by atoms with Gasteiger partial charge in [0.2, 0.25) is 0 Å². The van der Waals surface area contributed by atoms with Crippen molar-refractivity contribution in [1.29, 1.82) is 0 Å². The van der Waals surface area contributed by atoms with Crippen LogP contribution < -0.4 is 0 Å². The molecule has 0 amide bonds. The zero-order valence-corrected chi connectivity index (χ0v) is 14.4. The van der Waals surface area contributed by atoms with Crippen LogP contribution in [-0.2, 0) is 5.41 Å². The number of fused-ring (bicyclic) bond motifs is 4. The Morgan fingerprint density at radius 2 is 1.78 bits per heavy atom. The first kappa shape index (κ1) is 15.0. The van der Waals surface area contributed by atoms with E-state index in [-0.39, 0.29) is 0 Å². The maximum absolute atomic E-state index is 2.63. The van der Waals surface area contributed by atoms with Crippen LogP contribution in [0.5, 0.6) is 0 Å². The smallest absolute Gasteiger partial charge is 0.00929 e. The summed E-state index contributed by atoms with van der Waals surface area (Å²) in [5.41, 5.74) is 6.13. The predicted molar refractivity (Wildman–Crippen MR) is 97.8 cm³/mol. The summed E-state index contributed by atoms with van der Waals surface area (Å²) in [5, 5.41) is 0. The van der Waals surface area contributed by atoms with E-state index in [0.717, 1.165) is 6.04 Å². The van der Waals surface area contributed by atoms with E-state index in [1.807, 2.05) is 0 Å². The Bertz CT molecular complexity index is 686. The SMILES string of the molecule is Cc1cc(-c2ccccc2)ccc1C12CCCC(CC1)N(C)C2. The number of likely N-dealkylation sites (N-methyl/N-ethyl adjacent to an activating group) is 1. The van der Waals surface area contributed by atoms with Gasteiger partial charge in [0.05, 0.1) is 0 Å². The molecule has 5 rings (SSSR count). The molecule has 2 heterocycles. The van der Waals surface area contributed by atoms with E-state index in [1.54, 1.807) is 5.56 Å². The van der Waals surface area contributed by atoms with Crippen molar-refractivity contribution in [3.63, 3.8) is 0 Å². The summed E-state index contributed by atoms with van der Waals surface area (Å²) in [6.07, 6.45) is 6.87. The summed E-state index contributed by atoms with van der Waals surface area (Å²) in [4.78, 5) is 2.63. The van der Waals surface area contributed by atoms with Gasteiger partial charge in [-0.15, -0.1) is 0 Å². The number of hydrogen-bond donors (Lipinski definition) is 0. The molecule has 2 bridgehead atoms. The van der Waals surface area contributed by atoms with Crippen molar-refractivity contribution in [2.24, 2.45) is 0 Å². The van der Waals surface area contributed by atoms with Gasteiger partial charge < -0.3 is 4.90 Å². The van der Waals surface area contributed by atoms with Crippen molar-refractivity contribution in [3.05, 3.63) is 59.7 Å². The molecule has 2 aromatic rings. The molecule has 0 spiro atoms. The molecule has 120 valence electrons. The molecule has 1 heteroatoms. The minimum absolute atomic E-state index is 0.390. The summed E-state index contributed by atoms with van der Waals surface area (Å²) in [5.74, 6) is 0. The normalized spacial score (nSPS) is 27.8. The molecule has 2 saturated heterocycles. The van der Waals surface area contributed by atoms with Crippen molar-refractivity contribution >= 4 is 0 Å². The van der Waals surface area contributed by atoms with Crippen LogP contribution in [-0.4, -0.2) is 24.5 Å². The molecule has 1 saturated carbocycles. The Kier molecular flexibility index (Phi) is 3.77. The fraction of sp³-hybridized carbons (Fsp3) is 0.455. The van der Waals surface area contributed by atoms with Crippen LogP contribution in [0.2, 0.25) is 0 Å². The average molecular weight is 305 g/mol. The first-order valence-electron chi connectivity index (χ1n) is 9.05. The third-order valence-corrected chi connectivity index (χ3v) is 6.23. The van der Waals surface area contributed by atoms with Crippen LogP contribution >= 0.6 is 0 Å². The highest BCUT2D eigenvalue weighted by Gasteiger charge is 2.42. The maximum Gasteiger partial charge on any atom is 0.00929 e. The van der Waals surface area contributed by atoms with Gasteiger partial charge in [0.25, 0.3) is 0 Å². The monoisotopic (exact) mass is 305 g/mol. The van der Waals surface area contributed by atoms with Crippen LogP contribution in [0.25, 0.3) is 11.1 Å². The molecule has 3 aliphatic rings. The van der Waals surface area contributed by atoms with Crippen LogP contribution in [0.3, 0.4) is 0 Å². The van der Waals surface area contributed by atoms with E-state index in [9.17, 15) is 0 Å². The summed E-state index contributed by atoms with van der Waals surface area (Å²) in [6, 6.07) is 18.7. The number of aryl methyl sites for hydroxylation is 1. The lowest BCUT2D eigenvalue weighted by Crippen LogP contribution is -2.46. The van der Waals surface area contributed by atoms with E-state index in [4.69, 9.17) is 0 Å². The van der Waals surface area contributed by atoms with E-state index in [2.05, 4.69) is 67.4 Å². The van der Waals surface area contributed by atoms with E-state index < -0.39 is 0 Å². The van der Waals surface area contributed by atoms with E-state index in [0.29, 0.717) is 5.41 Å². The van der Waals surface area contributed by atoms with Gasteiger partial charge in [-0.05, 0) is 61.9 Å². The van der Waals surface area contributed by atoms with Gasteiger partial charge in [0, 0.05) is 18.0 Å². The van der Waals surface area contributed by atoms with Crippen LogP contribution in [0, 0.1) is 6.92 Å². The standard InChI is InChI=1S/C22H27N/c1-17-15-19(18-7-4-3-5-8-18)10-11-21(17)22-13-6-9-20(12-14-22)23(2)16-22/h3-5,7-8,10-11,15,20H,6,9,12-14,16H2,1-2H3. The van der Waals surface area contributed by atoms with Crippen molar-refractivity contribution in [3.8, 4) is 11.1 Å². The molecule has 23 heavy (non-hydrogen) atoms. The average Bonchev–Trinajstić information content (AvgIpc) is 2.87. The Hall–Kier alpha value is -1.60. The number of hydrogen-bond acceptors (Lipinski definition) is 1. The van der Waals surface area contributed by atoms with Crippen molar-refractivity contribution in [2.75, 3.05) is 13.6 Å². The maximum atomic E-state index is 2.63. The first-order chi connectivity index (χ1) is 11.2. The molecule has 2 unspecified atom stereocenters. The zero-order valence-electron chi connectivity index (χ0n) is 14.4. The molecular weight excluding hydrogens is 278 g/mol. The second kappa shape index (κ2) is 5.79. The Morgan fingerprint density at radius 1 is 0.957 bits per heavy atom. The summed E-state index contributed by atoms with van der Waals surface area (Å²) < 4.78 is 0. The lowest BCUT2D eigenvalue weighted by molar-refractivity contribution is 0.132. The molecule has 1 nitrogen and oxygen atoms in total. The van der Waals surface area contributed by atoms with Crippen LogP contribution in [0.4, 0.5) is 0 Å². The topological polar surface area (TPSA) is 3.24 Å². The summed E-state index contributed by atoms with van der Waals surface area (Å²) in [7, 11) is 2.33. The zero-order chi connectivity index (χ0) is 15.9. The van der Waals surface area contributed by atoms with Crippen molar-refractivity contribution < 1.29 is 0 Å². The fourth-order valence-electron chi connectivity index (χ4n) is 5.02. The minimum atomic E-state index is 0.390. The second-order valence-corrected chi connectivity index (χ2v) is 7.68. The van der Waals surface area contributed by atoms with Gasteiger partial charge in [-0.2, -0.15) is 0 Å². The molecule has 3 fully saturated rings. The molecular formula is C22H27N. The molecule has 0 N–H and O–H groups in total.